The van der Waals surface area contributed by atoms with Crippen LogP contribution in [0.15, 0.2) is 18.2 Å². The molecule has 1 atom stereocenters. The zero-order valence-corrected chi connectivity index (χ0v) is 11.5. The molecule has 6 nitrogen and oxygen atoms in total. The molecule has 2 rings (SSSR count). The van der Waals surface area contributed by atoms with E-state index in [4.69, 9.17) is 16.7 Å². The van der Waals surface area contributed by atoms with E-state index in [1.165, 1.54) is 11.0 Å². The van der Waals surface area contributed by atoms with Crippen LogP contribution in [0.2, 0.25) is 0 Å². The fraction of sp³-hybridized carbons (Fsp3) is 0.308. The standard InChI is InChI=1S/C13H13ClN2O4/c1-16-6-8-4-7(12(14)19)2-3-9(8)15-10(13(16)20)5-11(17)18/h2-4,10,15H,5-6H2,1H3,(H,17,18). The van der Waals surface area contributed by atoms with Gasteiger partial charge in [0.25, 0.3) is 5.24 Å². The number of likely N-dealkylation sites (N-methyl/N-ethyl adjacent to an activating group) is 1. The number of carbonyl (C=O) groups is 3. The predicted molar refractivity (Wildman–Crippen MR) is 72.8 cm³/mol. The van der Waals surface area contributed by atoms with E-state index in [0.29, 0.717) is 11.3 Å². The summed E-state index contributed by atoms with van der Waals surface area (Å²) in [4.78, 5) is 35.5. The third kappa shape index (κ3) is 2.91. The molecule has 0 bridgehead atoms. The number of carbonyl (C=O) groups excluding carboxylic acids is 2. The van der Waals surface area contributed by atoms with Crippen molar-refractivity contribution in [2.45, 2.75) is 19.0 Å². The van der Waals surface area contributed by atoms with Crippen LogP contribution in [0.1, 0.15) is 22.3 Å². The normalized spacial score (nSPS) is 18.0. The molecule has 0 aliphatic carbocycles. The quantitative estimate of drug-likeness (QED) is 0.821. The number of anilines is 1. The van der Waals surface area contributed by atoms with Gasteiger partial charge in [0.05, 0.1) is 6.42 Å². The molecule has 0 fully saturated rings. The molecule has 1 aliphatic heterocycles. The third-order valence-electron chi connectivity index (χ3n) is 3.12. The number of nitrogens with zero attached hydrogens (tertiary/aromatic N) is 1. The molecule has 0 radical (unpaired) electrons. The summed E-state index contributed by atoms with van der Waals surface area (Å²) in [6, 6.07) is 3.95. The van der Waals surface area contributed by atoms with Crippen LogP contribution in [0.4, 0.5) is 5.69 Å². The lowest BCUT2D eigenvalue weighted by molar-refractivity contribution is -0.141. The Hall–Kier alpha value is -2.08. The van der Waals surface area contributed by atoms with Gasteiger partial charge in [-0.25, -0.2) is 0 Å². The van der Waals surface area contributed by atoms with Gasteiger partial charge in [-0.15, -0.1) is 0 Å². The Morgan fingerprint density at radius 2 is 2.20 bits per heavy atom. The summed E-state index contributed by atoms with van der Waals surface area (Å²) in [5, 5.41) is 11.2. The predicted octanol–water partition coefficient (Wildman–Crippen LogP) is 1.29. The SMILES string of the molecule is CN1Cc2cc(C(=O)Cl)ccc2NC(CC(=O)O)C1=O. The Balaban J connectivity index is 2.37. The van der Waals surface area contributed by atoms with E-state index in [2.05, 4.69) is 5.32 Å². The molecule has 1 aromatic rings. The lowest BCUT2D eigenvalue weighted by Crippen LogP contribution is -2.39. The number of hydrogen-bond acceptors (Lipinski definition) is 4. The largest absolute Gasteiger partial charge is 0.481 e. The first kappa shape index (κ1) is 14.3. The lowest BCUT2D eigenvalue weighted by Gasteiger charge is -2.19. The van der Waals surface area contributed by atoms with Gasteiger partial charge < -0.3 is 15.3 Å². The van der Waals surface area contributed by atoms with Gasteiger partial charge in [-0.05, 0) is 35.4 Å². The van der Waals surface area contributed by atoms with Gasteiger partial charge in [0.2, 0.25) is 5.91 Å². The minimum atomic E-state index is -1.06. The molecule has 1 aliphatic rings. The molecule has 1 heterocycles. The number of fused-ring (bicyclic) bond motifs is 1. The topological polar surface area (TPSA) is 86.7 Å². The Labute approximate surface area is 120 Å². The number of carboxylic acid groups (broad SMARTS) is 1. The van der Waals surface area contributed by atoms with Crippen LogP contribution < -0.4 is 5.32 Å². The summed E-state index contributed by atoms with van der Waals surface area (Å²) in [6.45, 7) is 0.287. The van der Waals surface area contributed by atoms with Crippen LogP contribution in [0.3, 0.4) is 0 Å². The Kier molecular flexibility index (Phi) is 3.94. The van der Waals surface area contributed by atoms with Crippen molar-refractivity contribution in [2.75, 3.05) is 12.4 Å². The number of rotatable bonds is 3. The molecule has 1 amide bonds. The highest BCUT2D eigenvalue weighted by molar-refractivity contribution is 6.67. The molecule has 20 heavy (non-hydrogen) atoms. The van der Waals surface area contributed by atoms with Crippen LogP contribution in [0.5, 0.6) is 0 Å². The highest BCUT2D eigenvalue weighted by Crippen LogP contribution is 2.25. The van der Waals surface area contributed by atoms with E-state index < -0.39 is 17.3 Å². The van der Waals surface area contributed by atoms with Crippen molar-refractivity contribution in [3.8, 4) is 0 Å². The van der Waals surface area contributed by atoms with Gasteiger partial charge in [0.15, 0.2) is 0 Å². The summed E-state index contributed by atoms with van der Waals surface area (Å²) in [6.07, 6.45) is -0.307. The van der Waals surface area contributed by atoms with Crippen molar-refractivity contribution >= 4 is 34.4 Å². The monoisotopic (exact) mass is 296 g/mol. The molecule has 7 heteroatoms. The summed E-state index contributed by atoms with van der Waals surface area (Å²) in [5.74, 6) is -1.36. The molecule has 1 aromatic carbocycles. The summed E-state index contributed by atoms with van der Waals surface area (Å²) >= 11 is 5.43. The second kappa shape index (κ2) is 5.50. The lowest BCUT2D eigenvalue weighted by atomic mass is 10.1. The van der Waals surface area contributed by atoms with Gasteiger partial charge >= 0.3 is 5.97 Å². The average molecular weight is 297 g/mol. The first-order chi connectivity index (χ1) is 9.38. The maximum atomic E-state index is 12.1. The van der Waals surface area contributed by atoms with Gasteiger partial charge in [-0.3, -0.25) is 14.4 Å². The molecular formula is C13H13ClN2O4. The maximum Gasteiger partial charge on any atom is 0.305 e. The minimum Gasteiger partial charge on any atom is -0.481 e. The molecule has 1 unspecified atom stereocenters. The molecule has 0 aromatic heterocycles. The Morgan fingerprint density at radius 3 is 2.80 bits per heavy atom. The van der Waals surface area contributed by atoms with Gasteiger partial charge in [0.1, 0.15) is 6.04 Å². The first-order valence-electron chi connectivity index (χ1n) is 5.94. The third-order valence-corrected chi connectivity index (χ3v) is 3.34. The number of nitrogens with one attached hydrogen (secondary N) is 1. The number of benzene rings is 1. The maximum absolute atomic E-state index is 12.1. The summed E-state index contributed by atoms with van der Waals surface area (Å²) < 4.78 is 0. The van der Waals surface area contributed by atoms with Crippen molar-refractivity contribution in [2.24, 2.45) is 0 Å². The van der Waals surface area contributed by atoms with Gasteiger partial charge in [0, 0.05) is 24.8 Å². The summed E-state index contributed by atoms with van der Waals surface area (Å²) in [7, 11) is 1.59. The minimum absolute atomic E-state index is 0.287. The summed E-state index contributed by atoms with van der Waals surface area (Å²) in [5.41, 5.74) is 1.70. The number of aliphatic carboxylic acids is 1. The van der Waals surface area contributed by atoms with Gasteiger partial charge in [-0.1, -0.05) is 0 Å². The van der Waals surface area contributed by atoms with Crippen molar-refractivity contribution in [3.63, 3.8) is 0 Å². The average Bonchev–Trinajstić information content (AvgIpc) is 2.47. The van der Waals surface area contributed by atoms with Crippen molar-refractivity contribution in [1.82, 2.24) is 4.90 Å². The highest BCUT2D eigenvalue weighted by Gasteiger charge is 2.29. The number of amides is 1. The zero-order chi connectivity index (χ0) is 14.9. The van der Waals surface area contributed by atoms with Crippen LogP contribution in [-0.2, 0) is 16.1 Å². The van der Waals surface area contributed by atoms with Gasteiger partial charge in [-0.2, -0.15) is 0 Å². The molecule has 2 N–H and O–H groups in total. The fourth-order valence-corrected chi connectivity index (χ4v) is 2.27. The van der Waals surface area contributed by atoms with Crippen LogP contribution in [0.25, 0.3) is 0 Å². The van der Waals surface area contributed by atoms with Crippen molar-refractivity contribution in [1.29, 1.82) is 0 Å². The first-order valence-corrected chi connectivity index (χ1v) is 6.32. The fourth-order valence-electron chi connectivity index (χ4n) is 2.15. The molecule has 0 saturated carbocycles. The van der Waals surface area contributed by atoms with Crippen molar-refractivity contribution in [3.05, 3.63) is 29.3 Å². The van der Waals surface area contributed by atoms with E-state index in [0.717, 1.165) is 5.56 Å². The molecule has 0 saturated heterocycles. The Morgan fingerprint density at radius 1 is 1.50 bits per heavy atom. The van der Waals surface area contributed by atoms with E-state index in [-0.39, 0.29) is 18.9 Å². The number of carboxylic acids is 1. The molecule has 0 spiro atoms. The van der Waals surface area contributed by atoms with Crippen molar-refractivity contribution < 1.29 is 19.5 Å². The highest BCUT2D eigenvalue weighted by atomic mass is 35.5. The van der Waals surface area contributed by atoms with E-state index >= 15 is 0 Å². The number of halogens is 1. The van der Waals surface area contributed by atoms with E-state index in [1.54, 1.807) is 19.2 Å². The molecule has 106 valence electrons. The van der Waals surface area contributed by atoms with Crippen LogP contribution >= 0.6 is 11.6 Å². The number of hydrogen-bond donors (Lipinski definition) is 2. The smallest absolute Gasteiger partial charge is 0.305 e. The zero-order valence-electron chi connectivity index (χ0n) is 10.7. The van der Waals surface area contributed by atoms with Crippen LogP contribution in [0, 0.1) is 0 Å². The van der Waals surface area contributed by atoms with Crippen LogP contribution in [-0.4, -0.2) is 40.2 Å². The Bertz CT molecular complexity index is 588. The second-order valence-corrected chi connectivity index (χ2v) is 4.98. The van der Waals surface area contributed by atoms with E-state index in [1.807, 2.05) is 0 Å². The van der Waals surface area contributed by atoms with E-state index in [9.17, 15) is 14.4 Å². The second-order valence-electron chi connectivity index (χ2n) is 4.63. The molecular weight excluding hydrogens is 284 g/mol.